The highest BCUT2D eigenvalue weighted by atomic mass is 16.5. The third-order valence-corrected chi connectivity index (χ3v) is 2.90. The molecule has 104 valence electrons. The molecule has 0 N–H and O–H groups in total. The summed E-state index contributed by atoms with van der Waals surface area (Å²) in [4.78, 5) is 19.8. The molecule has 0 fully saturated rings. The van der Waals surface area contributed by atoms with Crippen molar-refractivity contribution in [3.05, 3.63) is 54.4 Å². The summed E-state index contributed by atoms with van der Waals surface area (Å²) in [6.45, 7) is 0. The van der Waals surface area contributed by atoms with Crippen molar-refractivity contribution in [1.29, 1.82) is 0 Å². The average Bonchev–Trinajstić information content (AvgIpc) is 3.05. The molecule has 6 heteroatoms. The Kier molecular flexibility index (Phi) is 3.42. The quantitative estimate of drug-likeness (QED) is 0.687. The molecule has 1 aromatic carbocycles. The number of methoxy groups -OCH3 is 1. The minimum absolute atomic E-state index is 0.399. The van der Waals surface area contributed by atoms with Crippen molar-refractivity contribution in [3.63, 3.8) is 0 Å². The van der Waals surface area contributed by atoms with Crippen molar-refractivity contribution in [2.24, 2.45) is 0 Å². The molecule has 0 unspecified atom stereocenters. The maximum Gasteiger partial charge on any atom is 0.337 e. The second kappa shape index (κ2) is 5.54. The lowest BCUT2D eigenvalue weighted by atomic mass is 10.1. The third kappa shape index (κ3) is 2.64. The summed E-state index contributed by atoms with van der Waals surface area (Å²) in [5.41, 5.74) is 1.90. The fourth-order valence-corrected chi connectivity index (χ4v) is 1.86. The van der Waals surface area contributed by atoms with E-state index in [0.29, 0.717) is 22.8 Å². The van der Waals surface area contributed by atoms with Gasteiger partial charge in [0.05, 0.1) is 12.7 Å². The lowest BCUT2D eigenvalue weighted by molar-refractivity contribution is 0.0601. The van der Waals surface area contributed by atoms with Gasteiger partial charge in [-0.2, -0.15) is 4.98 Å². The lowest BCUT2D eigenvalue weighted by Crippen LogP contribution is -2.00. The number of ether oxygens (including phenoxy) is 1. The molecule has 0 aliphatic heterocycles. The van der Waals surface area contributed by atoms with Gasteiger partial charge in [-0.25, -0.2) is 4.79 Å². The van der Waals surface area contributed by atoms with Crippen molar-refractivity contribution in [2.75, 3.05) is 7.11 Å². The van der Waals surface area contributed by atoms with E-state index in [4.69, 9.17) is 9.26 Å². The van der Waals surface area contributed by atoms with Crippen molar-refractivity contribution in [1.82, 2.24) is 15.1 Å². The molecule has 0 atom stereocenters. The molecule has 6 nitrogen and oxygen atoms in total. The Balaban J connectivity index is 1.95. The lowest BCUT2D eigenvalue weighted by Gasteiger charge is -2.00. The Morgan fingerprint density at radius 3 is 2.71 bits per heavy atom. The monoisotopic (exact) mass is 281 g/mol. The average molecular weight is 281 g/mol. The number of carbonyl (C=O) groups is 1. The van der Waals surface area contributed by atoms with Gasteiger partial charge >= 0.3 is 5.97 Å². The number of rotatable bonds is 3. The highest BCUT2D eigenvalue weighted by Crippen LogP contribution is 2.22. The van der Waals surface area contributed by atoms with Gasteiger partial charge in [-0.05, 0) is 24.3 Å². The molecular formula is C15H11N3O3. The SMILES string of the molecule is COC(=O)c1cccc(-c2noc(-c3ccncc3)n2)c1. The number of hydrogen-bond donors (Lipinski definition) is 0. The number of benzene rings is 1. The van der Waals surface area contributed by atoms with E-state index in [1.165, 1.54) is 7.11 Å². The van der Waals surface area contributed by atoms with E-state index >= 15 is 0 Å². The Hall–Kier alpha value is -3.02. The predicted octanol–water partition coefficient (Wildman–Crippen LogP) is 2.59. The number of carbonyl (C=O) groups excluding carboxylic acids is 1. The summed E-state index contributed by atoms with van der Waals surface area (Å²) in [5.74, 6) is 0.401. The van der Waals surface area contributed by atoms with Crippen molar-refractivity contribution >= 4 is 5.97 Å². The van der Waals surface area contributed by atoms with E-state index in [1.807, 2.05) is 0 Å². The summed E-state index contributed by atoms with van der Waals surface area (Å²) in [7, 11) is 1.34. The first kappa shape index (κ1) is 13.0. The molecule has 0 aliphatic carbocycles. The standard InChI is InChI=1S/C15H11N3O3/c1-20-15(19)12-4-2-3-11(9-12)13-17-14(21-18-13)10-5-7-16-8-6-10/h2-9H,1H3. The first-order valence-electron chi connectivity index (χ1n) is 6.21. The van der Waals surface area contributed by atoms with Gasteiger partial charge < -0.3 is 9.26 Å². The van der Waals surface area contributed by atoms with Crippen LogP contribution in [0.4, 0.5) is 0 Å². The van der Waals surface area contributed by atoms with E-state index in [0.717, 1.165) is 5.56 Å². The maximum atomic E-state index is 11.5. The Morgan fingerprint density at radius 2 is 1.95 bits per heavy atom. The fraction of sp³-hybridized carbons (Fsp3) is 0.0667. The number of nitrogens with zero attached hydrogens (tertiary/aromatic N) is 3. The number of hydrogen-bond acceptors (Lipinski definition) is 6. The molecule has 0 amide bonds. The van der Waals surface area contributed by atoms with Gasteiger partial charge in [0.25, 0.3) is 5.89 Å². The molecule has 2 heterocycles. The molecular weight excluding hydrogens is 270 g/mol. The highest BCUT2D eigenvalue weighted by molar-refractivity contribution is 5.90. The van der Waals surface area contributed by atoms with Gasteiger partial charge in [0.1, 0.15) is 0 Å². The first-order valence-corrected chi connectivity index (χ1v) is 6.21. The second-order valence-electron chi connectivity index (χ2n) is 4.23. The van der Waals surface area contributed by atoms with Gasteiger partial charge in [0.2, 0.25) is 5.82 Å². The van der Waals surface area contributed by atoms with Crippen LogP contribution >= 0.6 is 0 Å². The van der Waals surface area contributed by atoms with E-state index < -0.39 is 5.97 Å². The third-order valence-electron chi connectivity index (χ3n) is 2.90. The minimum Gasteiger partial charge on any atom is -0.465 e. The van der Waals surface area contributed by atoms with Gasteiger partial charge in [-0.15, -0.1) is 0 Å². The van der Waals surface area contributed by atoms with Crippen LogP contribution in [-0.4, -0.2) is 28.2 Å². The zero-order valence-electron chi connectivity index (χ0n) is 11.2. The van der Waals surface area contributed by atoms with Crippen LogP contribution in [0.15, 0.2) is 53.3 Å². The van der Waals surface area contributed by atoms with Crippen LogP contribution in [0.25, 0.3) is 22.8 Å². The topological polar surface area (TPSA) is 78.1 Å². The number of pyridine rings is 1. The largest absolute Gasteiger partial charge is 0.465 e. The molecule has 21 heavy (non-hydrogen) atoms. The van der Waals surface area contributed by atoms with Crippen molar-refractivity contribution in [2.45, 2.75) is 0 Å². The summed E-state index contributed by atoms with van der Waals surface area (Å²) >= 11 is 0. The van der Waals surface area contributed by atoms with Crippen LogP contribution in [0.1, 0.15) is 10.4 Å². The number of esters is 1. The van der Waals surface area contributed by atoms with E-state index in [2.05, 4.69) is 15.1 Å². The number of aromatic nitrogens is 3. The fourth-order valence-electron chi connectivity index (χ4n) is 1.86. The predicted molar refractivity (Wildman–Crippen MR) is 74.3 cm³/mol. The van der Waals surface area contributed by atoms with Gasteiger partial charge in [0, 0.05) is 23.5 Å². The second-order valence-corrected chi connectivity index (χ2v) is 4.23. The van der Waals surface area contributed by atoms with Crippen LogP contribution in [0, 0.1) is 0 Å². The molecule has 2 aromatic heterocycles. The van der Waals surface area contributed by atoms with Crippen LogP contribution in [-0.2, 0) is 4.74 Å². The first-order chi connectivity index (χ1) is 10.3. The van der Waals surface area contributed by atoms with Crippen molar-refractivity contribution < 1.29 is 14.1 Å². The summed E-state index contributed by atoms with van der Waals surface area (Å²) in [6.07, 6.45) is 3.30. The van der Waals surface area contributed by atoms with Gasteiger partial charge in [-0.1, -0.05) is 17.3 Å². The summed E-state index contributed by atoms with van der Waals surface area (Å²) in [6, 6.07) is 10.4. The van der Waals surface area contributed by atoms with Crippen LogP contribution in [0.3, 0.4) is 0 Å². The van der Waals surface area contributed by atoms with Crippen LogP contribution in [0.2, 0.25) is 0 Å². The summed E-state index contributed by atoms with van der Waals surface area (Å²) in [5, 5.41) is 3.93. The Bertz CT molecular complexity index is 769. The highest BCUT2D eigenvalue weighted by Gasteiger charge is 2.12. The van der Waals surface area contributed by atoms with Gasteiger partial charge in [0.15, 0.2) is 0 Å². The molecule has 3 aromatic rings. The summed E-state index contributed by atoms with van der Waals surface area (Å²) < 4.78 is 9.92. The van der Waals surface area contributed by atoms with Gasteiger partial charge in [-0.3, -0.25) is 4.98 Å². The Morgan fingerprint density at radius 1 is 1.14 bits per heavy atom. The van der Waals surface area contributed by atoms with E-state index in [-0.39, 0.29) is 0 Å². The van der Waals surface area contributed by atoms with E-state index in [1.54, 1.807) is 48.8 Å². The van der Waals surface area contributed by atoms with Crippen LogP contribution in [0.5, 0.6) is 0 Å². The molecule has 3 rings (SSSR count). The Labute approximate surface area is 120 Å². The van der Waals surface area contributed by atoms with Crippen molar-refractivity contribution in [3.8, 4) is 22.8 Å². The normalized spacial score (nSPS) is 10.3. The molecule has 0 radical (unpaired) electrons. The molecule has 0 aliphatic rings. The molecule has 0 saturated carbocycles. The molecule has 0 bridgehead atoms. The molecule has 0 saturated heterocycles. The van der Waals surface area contributed by atoms with Crippen LogP contribution < -0.4 is 0 Å². The van der Waals surface area contributed by atoms with E-state index in [9.17, 15) is 4.79 Å². The minimum atomic E-state index is -0.408. The molecule has 0 spiro atoms. The smallest absolute Gasteiger partial charge is 0.337 e. The zero-order valence-corrected chi connectivity index (χ0v) is 11.2. The zero-order chi connectivity index (χ0) is 14.7. The maximum absolute atomic E-state index is 11.5.